The van der Waals surface area contributed by atoms with E-state index >= 15 is 0 Å². The van der Waals surface area contributed by atoms with Gasteiger partial charge in [0.15, 0.2) is 5.16 Å². The third kappa shape index (κ3) is 4.24. The maximum atomic E-state index is 12.0. The van der Waals surface area contributed by atoms with Crippen LogP contribution in [0, 0.1) is 0 Å². The number of amides is 1. The van der Waals surface area contributed by atoms with E-state index in [4.69, 9.17) is 4.74 Å². The summed E-state index contributed by atoms with van der Waals surface area (Å²) in [6.45, 7) is 4.58. The highest BCUT2D eigenvalue weighted by Gasteiger charge is 2.10. The van der Waals surface area contributed by atoms with Gasteiger partial charge in [0.2, 0.25) is 5.91 Å². The van der Waals surface area contributed by atoms with E-state index in [0.29, 0.717) is 12.4 Å². The van der Waals surface area contributed by atoms with Crippen molar-refractivity contribution < 1.29 is 9.53 Å². The fraction of sp³-hybridized carbons (Fsp3) is 0.400. The Balaban J connectivity index is 1.86. The predicted octanol–water partition coefficient (Wildman–Crippen LogP) is 2.51. The lowest BCUT2D eigenvalue weighted by atomic mass is 10.3. The molecule has 0 bridgehead atoms. The molecule has 0 spiro atoms. The van der Waals surface area contributed by atoms with Gasteiger partial charge in [-0.3, -0.25) is 4.79 Å². The number of nitrogens with one attached hydrogen (secondary N) is 1. The Hall–Kier alpha value is -2.02. The standard InChI is InChI=1S/C15H20N4O2S/c1-4-13-17-18-15(19(13)3)22-10-14(20)16-11-6-8-12(9-7-11)21-5-2/h6-9H,4-5,10H2,1-3H3,(H,16,20). The van der Waals surface area contributed by atoms with E-state index in [1.54, 1.807) is 0 Å². The van der Waals surface area contributed by atoms with Gasteiger partial charge >= 0.3 is 0 Å². The van der Waals surface area contributed by atoms with Crippen molar-refractivity contribution in [2.45, 2.75) is 25.4 Å². The van der Waals surface area contributed by atoms with E-state index in [1.807, 2.05) is 49.7 Å². The second kappa shape index (κ2) is 7.84. The summed E-state index contributed by atoms with van der Waals surface area (Å²) < 4.78 is 7.27. The van der Waals surface area contributed by atoms with Gasteiger partial charge in [0, 0.05) is 19.2 Å². The number of rotatable bonds is 7. The van der Waals surface area contributed by atoms with Gasteiger partial charge in [0.05, 0.1) is 12.4 Å². The Kier molecular flexibility index (Phi) is 5.83. The number of ether oxygens (including phenoxy) is 1. The molecular weight excluding hydrogens is 300 g/mol. The van der Waals surface area contributed by atoms with Crippen LogP contribution in [0.25, 0.3) is 0 Å². The van der Waals surface area contributed by atoms with Crippen molar-refractivity contribution in [2.75, 3.05) is 17.7 Å². The van der Waals surface area contributed by atoms with Gasteiger partial charge in [0.25, 0.3) is 0 Å². The molecule has 0 saturated heterocycles. The maximum absolute atomic E-state index is 12.0. The molecule has 0 fully saturated rings. The topological polar surface area (TPSA) is 69.0 Å². The molecule has 0 saturated carbocycles. The van der Waals surface area contributed by atoms with Crippen LogP contribution in [0.4, 0.5) is 5.69 Å². The molecule has 0 unspecified atom stereocenters. The first kappa shape index (κ1) is 16.4. The molecule has 1 N–H and O–H groups in total. The first-order valence-electron chi connectivity index (χ1n) is 7.17. The van der Waals surface area contributed by atoms with Crippen LogP contribution >= 0.6 is 11.8 Å². The molecule has 1 heterocycles. The highest BCUT2D eigenvalue weighted by molar-refractivity contribution is 7.99. The first-order valence-corrected chi connectivity index (χ1v) is 8.16. The molecule has 0 radical (unpaired) electrons. The molecule has 1 aromatic carbocycles. The molecule has 118 valence electrons. The zero-order valence-electron chi connectivity index (χ0n) is 13.0. The van der Waals surface area contributed by atoms with E-state index in [0.717, 1.165) is 28.8 Å². The Bertz CT molecular complexity index is 625. The van der Waals surface area contributed by atoms with E-state index in [-0.39, 0.29) is 5.91 Å². The summed E-state index contributed by atoms with van der Waals surface area (Å²) in [6, 6.07) is 7.32. The normalized spacial score (nSPS) is 10.5. The molecule has 2 aromatic rings. The SMILES string of the molecule is CCOc1ccc(NC(=O)CSc2nnc(CC)n2C)cc1. The highest BCUT2D eigenvalue weighted by Crippen LogP contribution is 2.18. The van der Waals surface area contributed by atoms with Gasteiger partial charge in [-0.15, -0.1) is 10.2 Å². The molecule has 2 rings (SSSR count). The predicted molar refractivity (Wildman–Crippen MR) is 87.3 cm³/mol. The Morgan fingerprint density at radius 1 is 1.27 bits per heavy atom. The molecule has 6 nitrogen and oxygen atoms in total. The van der Waals surface area contributed by atoms with Crippen LogP contribution < -0.4 is 10.1 Å². The molecule has 0 aliphatic carbocycles. The number of benzene rings is 1. The van der Waals surface area contributed by atoms with Gasteiger partial charge in [-0.05, 0) is 31.2 Å². The van der Waals surface area contributed by atoms with Gasteiger partial charge in [-0.1, -0.05) is 18.7 Å². The quantitative estimate of drug-likeness (QED) is 0.794. The minimum absolute atomic E-state index is 0.0739. The van der Waals surface area contributed by atoms with E-state index in [9.17, 15) is 4.79 Å². The average Bonchev–Trinajstić information content (AvgIpc) is 2.88. The largest absolute Gasteiger partial charge is 0.494 e. The third-order valence-corrected chi connectivity index (χ3v) is 4.04. The lowest BCUT2D eigenvalue weighted by molar-refractivity contribution is -0.113. The van der Waals surface area contributed by atoms with Gasteiger partial charge in [-0.25, -0.2) is 0 Å². The molecule has 0 aliphatic rings. The summed E-state index contributed by atoms with van der Waals surface area (Å²) >= 11 is 1.37. The molecular formula is C15H20N4O2S. The number of aromatic nitrogens is 3. The van der Waals surface area contributed by atoms with E-state index in [2.05, 4.69) is 15.5 Å². The van der Waals surface area contributed by atoms with Crippen LogP contribution in [0.2, 0.25) is 0 Å². The minimum atomic E-state index is -0.0739. The number of nitrogens with zero attached hydrogens (tertiary/aromatic N) is 3. The summed E-state index contributed by atoms with van der Waals surface area (Å²) in [6.07, 6.45) is 0.822. The molecule has 7 heteroatoms. The van der Waals surface area contributed by atoms with Crippen molar-refractivity contribution in [2.24, 2.45) is 7.05 Å². The van der Waals surface area contributed by atoms with Crippen molar-refractivity contribution in [1.82, 2.24) is 14.8 Å². The Morgan fingerprint density at radius 2 is 2.00 bits per heavy atom. The third-order valence-electron chi connectivity index (χ3n) is 3.02. The van der Waals surface area contributed by atoms with Gasteiger partial charge < -0.3 is 14.6 Å². The van der Waals surface area contributed by atoms with Crippen LogP contribution in [0.15, 0.2) is 29.4 Å². The number of aryl methyl sites for hydroxylation is 1. The summed E-state index contributed by atoms with van der Waals surface area (Å²) in [7, 11) is 1.91. The van der Waals surface area contributed by atoms with Crippen LogP contribution in [0.3, 0.4) is 0 Å². The highest BCUT2D eigenvalue weighted by atomic mass is 32.2. The second-order valence-electron chi connectivity index (χ2n) is 4.61. The van der Waals surface area contributed by atoms with Crippen LogP contribution in [-0.4, -0.2) is 33.0 Å². The van der Waals surface area contributed by atoms with E-state index < -0.39 is 0 Å². The molecule has 22 heavy (non-hydrogen) atoms. The van der Waals surface area contributed by atoms with Crippen molar-refractivity contribution in [1.29, 1.82) is 0 Å². The van der Waals surface area contributed by atoms with Gasteiger partial charge in [-0.2, -0.15) is 0 Å². The smallest absolute Gasteiger partial charge is 0.234 e. The summed E-state index contributed by atoms with van der Waals surface area (Å²) in [5.74, 6) is 1.92. The minimum Gasteiger partial charge on any atom is -0.494 e. The lowest BCUT2D eigenvalue weighted by Crippen LogP contribution is -2.14. The van der Waals surface area contributed by atoms with Crippen LogP contribution in [0.5, 0.6) is 5.75 Å². The number of hydrogen-bond acceptors (Lipinski definition) is 5. The van der Waals surface area contributed by atoms with Crippen LogP contribution in [0.1, 0.15) is 19.7 Å². The maximum Gasteiger partial charge on any atom is 0.234 e. The lowest BCUT2D eigenvalue weighted by Gasteiger charge is -2.07. The zero-order chi connectivity index (χ0) is 15.9. The number of carbonyl (C=O) groups is 1. The van der Waals surface area contributed by atoms with Crippen molar-refractivity contribution >= 4 is 23.4 Å². The monoisotopic (exact) mass is 320 g/mol. The molecule has 1 amide bonds. The van der Waals surface area contributed by atoms with Crippen molar-refractivity contribution in [3.63, 3.8) is 0 Å². The number of hydrogen-bond donors (Lipinski definition) is 1. The summed E-state index contributed by atoms with van der Waals surface area (Å²) in [5.41, 5.74) is 0.751. The zero-order valence-corrected chi connectivity index (χ0v) is 13.8. The molecule has 1 aromatic heterocycles. The van der Waals surface area contributed by atoms with E-state index in [1.165, 1.54) is 11.8 Å². The average molecular weight is 320 g/mol. The molecule has 0 atom stereocenters. The second-order valence-corrected chi connectivity index (χ2v) is 5.55. The number of carbonyl (C=O) groups excluding carboxylic acids is 1. The fourth-order valence-electron chi connectivity index (χ4n) is 1.91. The van der Waals surface area contributed by atoms with Crippen molar-refractivity contribution in [3.05, 3.63) is 30.1 Å². The summed E-state index contributed by atoms with van der Waals surface area (Å²) in [4.78, 5) is 12.0. The number of thioether (sulfide) groups is 1. The fourth-order valence-corrected chi connectivity index (χ4v) is 2.64. The number of anilines is 1. The van der Waals surface area contributed by atoms with Gasteiger partial charge in [0.1, 0.15) is 11.6 Å². The Morgan fingerprint density at radius 3 is 2.59 bits per heavy atom. The Labute approximate surface area is 134 Å². The van der Waals surface area contributed by atoms with Crippen molar-refractivity contribution in [3.8, 4) is 5.75 Å². The summed E-state index contributed by atoms with van der Waals surface area (Å²) in [5, 5.41) is 11.7. The first-order chi connectivity index (χ1) is 10.6. The van der Waals surface area contributed by atoms with Crippen LogP contribution in [-0.2, 0) is 18.3 Å². The molecule has 0 aliphatic heterocycles.